The number of rotatable bonds is 8. The Morgan fingerprint density at radius 2 is 1.96 bits per heavy atom. The molecule has 0 bridgehead atoms. The second-order valence-corrected chi connectivity index (χ2v) is 7.16. The molecule has 144 valence electrons. The van der Waals surface area contributed by atoms with Crippen molar-refractivity contribution in [2.45, 2.75) is 12.8 Å². The quantitative estimate of drug-likeness (QED) is 0.674. The first-order valence-corrected chi connectivity index (χ1v) is 9.96. The van der Waals surface area contributed by atoms with Crippen molar-refractivity contribution >= 4 is 28.3 Å². The molecule has 1 aliphatic rings. The molecule has 3 rings (SSSR count). The van der Waals surface area contributed by atoms with Gasteiger partial charge < -0.3 is 10.1 Å². The van der Waals surface area contributed by atoms with Gasteiger partial charge in [0, 0.05) is 30.6 Å². The van der Waals surface area contributed by atoms with Crippen LogP contribution in [0.4, 0.5) is 5.13 Å². The van der Waals surface area contributed by atoms with Crippen molar-refractivity contribution in [3.8, 4) is 0 Å². The van der Waals surface area contributed by atoms with E-state index in [1.165, 1.54) is 11.3 Å². The molecule has 2 N–H and O–H groups in total. The summed E-state index contributed by atoms with van der Waals surface area (Å²) in [5.74, 6) is -0.257. The van der Waals surface area contributed by atoms with Crippen LogP contribution in [-0.2, 0) is 16.0 Å². The molecule has 7 nitrogen and oxygen atoms in total. The van der Waals surface area contributed by atoms with Gasteiger partial charge in [0.25, 0.3) is 5.91 Å². The summed E-state index contributed by atoms with van der Waals surface area (Å²) in [6.07, 6.45) is 1.14. The zero-order valence-electron chi connectivity index (χ0n) is 15.1. The van der Waals surface area contributed by atoms with Gasteiger partial charge in [0.1, 0.15) is 0 Å². The van der Waals surface area contributed by atoms with E-state index in [4.69, 9.17) is 4.74 Å². The van der Waals surface area contributed by atoms with Crippen LogP contribution in [0.5, 0.6) is 0 Å². The van der Waals surface area contributed by atoms with Crippen molar-refractivity contribution in [1.29, 1.82) is 0 Å². The van der Waals surface area contributed by atoms with E-state index in [2.05, 4.69) is 20.5 Å². The van der Waals surface area contributed by atoms with E-state index in [0.29, 0.717) is 22.9 Å². The first-order chi connectivity index (χ1) is 13.2. The SMILES string of the molecule is O=C(Cc1csc(NC(=O)c2ccccc2)n1)NCCCN1CCOCC1. The molecular formula is C19H24N4O3S. The molecule has 0 saturated carbocycles. The van der Waals surface area contributed by atoms with Crippen molar-refractivity contribution in [2.24, 2.45) is 0 Å². The Kier molecular flexibility index (Phi) is 7.32. The maximum Gasteiger partial charge on any atom is 0.257 e. The van der Waals surface area contributed by atoms with Crippen LogP contribution in [0.15, 0.2) is 35.7 Å². The number of hydrogen-bond acceptors (Lipinski definition) is 6. The van der Waals surface area contributed by atoms with Gasteiger partial charge in [-0.15, -0.1) is 11.3 Å². The molecule has 0 atom stereocenters. The highest BCUT2D eigenvalue weighted by Crippen LogP contribution is 2.17. The molecule has 0 radical (unpaired) electrons. The van der Waals surface area contributed by atoms with E-state index in [-0.39, 0.29) is 18.2 Å². The molecule has 1 aromatic carbocycles. The topological polar surface area (TPSA) is 83.6 Å². The summed E-state index contributed by atoms with van der Waals surface area (Å²) < 4.78 is 5.32. The predicted molar refractivity (Wildman–Crippen MR) is 105 cm³/mol. The minimum absolute atomic E-state index is 0.0526. The predicted octanol–water partition coefficient (Wildman–Crippen LogP) is 1.78. The number of aromatic nitrogens is 1. The van der Waals surface area contributed by atoms with Crippen LogP contribution in [0, 0.1) is 0 Å². The van der Waals surface area contributed by atoms with Gasteiger partial charge >= 0.3 is 0 Å². The summed E-state index contributed by atoms with van der Waals surface area (Å²) >= 11 is 1.32. The smallest absolute Gasteiger partial charge is 0.257 e. The number of morpholine rings is 1. The Balaban J connectivity index is 1.37. The van der Waals surface area contributed by atoms with Gasteiger partial charge in [0.15, 0.2) is 5.13 Å². The first-order valence-electron chi connectivity index (χ1n) is 9.08. The van der Waals surface area contributed by atoms with E-state index >= 15 is 0 Å². The minimum Gasteiger partial charge on any atom is -0.379 e. The normalized spacial score (nSPS) is 14.7. The van der Waals surface area contributed by atoms with E-state index < -0.39 is 0 Å². The van der Waals surface area contributed by atoms with Gasteiger partial charge in [-0.3, -0.25) is 19.8 Å². The molecule has 1 saturated heterocycles. The number of carbonyl (C=O) groups excluding carboxylic acids is 2. The van der Waals surface area contributed by atoms with Crippen molar-refractivity contribution in [3.63, 3.8) is 0 Å². The Morgan fingerprint density at radius 3 is 2.74 bits per heavy atom. The summed E-state index contributed by atoms with van der Waals surface area (Å²) in [6.45, 7) is 5.13. The number of amides is 2. The maximum atomic E-state index is 12.1. The standard InChI is InChI=1S/C19H24N4O3S/c24-17(20-7-4-8-23-9-11-26-12-10-23)13-16-14-27-19(21-16)22-18(25)15-5-2-1-3-6-15/h1-3,5-6,14H,4,7-13H2,(H,20,24)(H,21,22,25). The molecule has 2 heterocycles. The highest BCUT2D eigenvalue weighted by molar-refractivity contribution is 7.14. The molecule has 27 heavy (non-hydrogen) atoms. The van der Waals surface area contributed by atoms with Crippen LogP contribution in [0.25, 0.3) is 0 Å². The van der Waals surface area contributed by atoms with Gasteiger partial charge in [-0.25, -0.2) is 4.98 Å². The average Bonchev–Trinajstić information content (AvgIpc) is 3.13. The summed E-state index contributed by atoms with van der Waals surface area (Å²) in [6, 6.07) is 8.97. The molecule has 2 amide bonds. The number of thiazole rings is 1. The molecule has 2 aromatic rings. The van der Waals surface area contributed by atoms with Crippen molar-refractivity contribution in [2.75, 3.05) is 44.7 Å². The summed E-state index contributed by atoms with van der Waals surface area (Å²) in [4.78, 5) is 30.8. The number of anilines is 1. The van der Waals surface area contributed by atoms with Gasteiger partial charge in [-0.05, 0) is 25.1 Å². The molecule has 0 unspecified atom stereocenters. The van der Waals surface area contributed by atoms with Crippen LogP contribution in [0.3, 0.4) is 0 Å². The number of carbonyl (C=O) groups is 2. The monoisotopic (exact) mass is 388 g/mol. The molecule has 0 aliphatic carbocycles. The number of hydrogen-bond donors (Lipinski definition) is 2. The lowest BCUT2D eigenvalue weighted by molar-refractivity contribution is -0.120. The lowest BCUT2D eigenvalue weighted by Crippen LogP contribution is -2.38. The zero-order chi connectivity index (χ0) is 18.9. The largest absolute Gasteiger partial charge is 0.379 e. The summed E-state index contributed by atoms with van der Waals surface area (Å²) in [5.41, 5.74) is 1.24. The highest BCUT2D eigenvalue weighted by Gasteiger charge is 2.12. The molecule has 1 aromatic heterocycles. The Hall–Kier alpha value is -2.29. The van der Waals surface area contributed by atoms with E-state index in [1.54, 1.807) is 17.5 Å². The Bertz CT molecular complexity index is 744. The number of nitrogens with one attached hydrogen (secondary N) is 2. The lowest BCUT2D eigenvalue weighted by atomic mass is 10.2. The minimum atomic E-state index is -0.205. The Morgan fingerprint density at radius 1 is 1.19 bits per heavy atom. The number of ether oxygens (including phenoxy) is 1. The fraction of sp³-hybridized carbons (Fsp3) is 0.421. The molecule has 1 fully saturated rings. The van der Waals surface area contributed by atoms with Crippen molar-refractivity contribution in [1.82, 2.24) is 15.2 Å². The van der Waals surface area contributed by atoms with E-state index in [1.807, 2.05) is 18.2 Å². The van der Waals surface area contributed by atoms with Crippen LogP contribution >= 0.6 is 11.3 Å². The third-order valence-electron chi connectivity index (χ3n) is 4.23. The van der Waals surface area contributed by atoms with E-state index in [9.17, 15) is 9.59 Å². The molecule has 0 spiro atoms. The third kappa shape index (κ3) is 6.42. The van der Waals surface area contributed by atoms with Gasteiger partial charge in [0.05, 0.1) is 25.3 Å². The maximum absolute atomic E-state index is 12.1. The second kappa shape index (κ2) is 10.1. The Labute approximate surface area is 162 Å². The van der Waals surface area contributed by atoms with Crippen molar-refractivity contribution < 1.29 is 14.3 Å². The highest BCUT2D eigenvalue weighted by atomic mass is 32.1. The third-order valence-corrected chi connectivity index (χ3v) is 5.03. The summed E-state index contributed by atoms with van der Waals surface area (Å²) in [7, 11) is 0. The van der Waals surface area contributed by atoms with Gasteiger partial charge in [-0.1, -0.05) is 18.2 Å². The molecular weight excluding hydrogens is 364 g/mol. The first kappa shape index (κ1) is 19.5. The van der Waals surface area contributed by atoms with Crippen LogP contribution in [0.1, 0.15) is 22.5 Å². The fourth-order valence-corrected chi connectivity index (χ4v) is 3.49. The second-order valence-electron chi connectivity index (χ2n) is 6.30. The zero-order valence-corrected chi connectivity index (χ0v) is 16.0. The van der Waals surface area contributed by atoms with Crippen molar-refractivity contribution in [3.05, 3.63) is 47.0 Å². The van der Waals surface area contributed by atoms with Crippen LogP contribution in [0.2, 0.25) is 0 Å². The van der Waals surface area contributed by atoms with Crippen LogP contribution < -0.4 is 10.6 Å². The van der Waals surface area contributed by atoms with E-state index in [0.717, 1.165) is 39.3 Å². The van der Waals surface area contributed by atoms with Crippen LogP contribution in [-0.4, -0.2) is 61.1 Å². The summed E-state index contributed by atoms with van der Waals surface area (Å²) in [5, 5.41) is 7.99. The lowest BCUT2D eigenvalue weighted by Gasteiger charge is -2.26. The number of nitrogens with zero attached hydrogens (tertiary/aromatic N) is 2. The number of benzene rings is 1. The average molecular weight is 388 g/mol. The molecule has 1 aliphatic heterocycles. The van der Waals surface area contributed by atoms with Gasteiger partial charge in [-0.2, -0.15) is 0 Å². The fourth-order valence-electron chi connectivity index (χ4n) is 2.79. The van der Waals surface area contributed by atoms with Gasteiger partial charge in [0.2, 0.25) is 5.91 Å². The molecule has 8 heteroatoms.